The van der Waals surface area contributed by atoms with Gasteiger partial charge in [-0.3, -0.25) is 9.69 Å². The number of likely N-dealkylation sites (tertiary alicyclic amines) is 1. The maximum Gasteiger partial charge on any atom is 0.490 e. The van der Waals surface area contributed by atoms with Crippen LogP contribution >= 0.6 is 27.3 Å². The molecule has 3 rings (SSSR count). The van der Waals surface area contributed by atoms with E-state index in [1.165, 1.54) is 11.3 Å². The van der Waals surface area contributed by atoms with Gasteiger partial charge < -0.3 is 10.2 Å². The first-order valence-electron chi connectivity index (χ1n) is 8.50. The Kier molecular flexibility index (Phi) is 7.37. The molecular weight excluding hydrogens is 526 g/mol. The van der Waals surface area contributed by atoms with E-state index in [-0.39, 0.29) is 6.54 Å². The van der Waals surface area contributed by atoms with Crippen molar-refractivity contribution in [3.8, 4) is 0 Å². The van der Waals surface area contributed by atoms with E-state index in [1.54, 1.807) is 11.8 Å². The van der Waals surface area contributed by atoms with Crippen LogP contribution in [0, 0.1) is 12.8 Å². The summed E-state index contributed by atoms with van der Waals surface area (Å²) in [6, 6.07) is -1.07. The van der Waals surface area contributed by atoms with Crippen LogP contribution < -0.4 is 0 Å². The Balaban J connectivity index is 0.000000423. The Morgan fingerprint density at radius 2 is 1.77 bits per heavy atom. The third kappa shape index (κ3) is 5.71. The number of piperidine rings is 1. The van der Waals surface area contributed by atoms with Gasteiger partial charge in [0.15, 0.2) is 9.96 Å². The van der Waals surface area contributed by atoms with Crippen molar-refractivity contribution in [3.05, 3.63) is 14.5 Å². The molecule has 1 aromatic heterocycles. The highest BCUT2D eigenvalue weighted by molar-refractivity contribution is 9.11. The quantitative estimate of drug-likeness (QED) is 0.546. The first kappa shape index (κ1) is 25.5. The number of aliphatic carboxylic acids is 2. The largest absolute Gasteiger partial charge is 0.490 e. The van der Waals surface area contributed by atoms with Gasteiger partial charge in [0.25, 0.3) is 5.66 Å². The molecule has 1 saturated heterocycles. The predicted octanol–water partition coefficient (Wildman–Crippen LogP) is 4.41. The molecule has 0 spiro atoms. The van der Waals surface area contributed by atoms with Crippen molar-refractivity contribution in [1.82, 2.24) is 9.88 Å². The van der Waals surface area contributed by atoms with Crippen molar-refractivity contribution in [3.63, 3.8) is 0 Å². The lowest BCUT2D eigenvalue weighted by Crippen LogP contribution is -2.50. The number of nitrogens with zero attached hydrogens (tertiary/aromatic N) is 4. The Hall–Kier alpha value is -1.81. The average Bonchev–Trinajstić information content (AvgIpc) is 3.37. The van der Waals surface area contributed by atoms with Crippen LogP contribution in [0.5, 0.6) is 0 Å². The lowest BCUT2D eigenvalue weighted by Gasteiger charge is -2.38. The van der Waals surface area contributed by atoms with E-state index in [4.69, 9.17) is 9.90 Å². The zero-order valence-electron chi connectivity index (χ0n) is 15.5. The molecule has 0 amide bonds. The van der Waals surface area contributed by atoms with E-state index in [2.05, 4.69) is 31.1 Å². The van der Waals surface area contributed by atoms with Crippen molar-refractivity contribution >= 4 is 39.2 Å². The number of alkyl halides is 6. The van der Waals surface area contributed by atoms with Gasteiger partial charge in [-0.1, -0.05) is 0 Å². The second-order valence-electron chi connectivity index (χ2n) is 6.71. The number of carboxylic acids is 2. The lowest BCUT2D eigenvalue weighted by atomic mass is 9.86. The molecule has 1 aromatic rings. The van der Waals surface area contributed by atoms with Gasteiger partial charge in [0.2, 0.25) is 0 Å². The highest BCUT2D eigenvalue weighted by atomic mass is 79.9. The van der Waals surface area contributed by atoms with Crippen LogP contribution in [-0.4, -0.2) is 63.1 Å². The third-order valence-electron chi connectivity index (χ3n) is 4.66. The SMILES string of the molecule is Cc1sc(Br)nc1C(C(=O)O)N1CCCC(C2(C(F)(F)F)N=N2)C1.O=C(O)C(F)(F)F. The molecule has 31 heavy (non-hydrogen) atoms. The predicted molar refractivity (Wildman–Crippen MR) is 96.6 cm³/mol. The van der Waals surface area contributed by atoms with Crippen molar-refractivity contribution in [1.29, 1.82) is 0 Å². The van der Waals surface area contributed by atoms with E-state index >= 15 is 0 Å². The third-order valence-corrected chi connectivity index (χ3v) is 6.10. The molecule has 0 radical (unpaired) electrons. The molecule has 2 unspecified atom stereocenters. The summed E-state index contributed by atoms with van der Waals surface area (Å²) in [7, 11) is 0. The molecule has 1 fully saturated rings. The van der Waals surface area contributed by atoms with Crippen LogP contribution in [0.3, 0.4) is 0 Å². The number of aryl methyl sites for hydroxylation is 1. The maximum absolute atomic E-state index is 13.2. The highest BCUT2D eigenvalue weighted by Gasteiger charge is 2.68. The summed E-state index contributed by atoms with van der Waals surface area (Å²) in [5.74, 6) is -4.75. The standard InChI is InChI=1S/C13H14BrF3N4O2S.C2HF3O2/c1-6-8(18-11(14)24-6)9(10(22)23)21-4-2-3-7(5-21)12(19-20-12)13(15,16)17;3-2(4,5)1(6)7/h7,9H,2-5H2,1H3,(H,22,23);(H,6,7). The zero-order chi connectivity index (χ0) is 23.8. The summed E-state index contributed by atoms with van der Waals surface area (Å²) < 4.78 is 71.9. The first-order valence-corrected chi connectivity index (χ1v) is 10.1. The van der Waals surface area contributed by atoms with Gasteiger partial charge in [0.05, 0.1) is 5.69 Å². The van der Waals surface area contributed by atoms with Crippen LogP contribution in [0.1, 0.15) is 29.5 Å². The second-order valence-corrected chi connectivity index (χ2v) is 9.19. The summed E-state index contributed by atoms with van der Waals surface area (Å²) in [5, 5.41) is 23.3. The number of hydrogen-bond acceptors (Lipinski definition) is 7. The van der Waals surface area contributed by atoms with Crippen molar-refractivity contribution in [2.24, 2.45) is 16.1 Å². The van der Waals surface area contributed by atoms with Crippen LogP contribution in [-0.2, 0) is 9.59 Å². The molecule has 0 saturated carbocycles. The van der Waals surface area contributed by atoms with Crippen molar-refractivity contribution < 1.29 is 46.1 Å². The van der Waals surface area contributed by atoms with Gasteiger partial charge in [-0.2, -0.15) is 26.3 Å². The number of carbonyl (C=O) groups is 2. The van der Waals surface area contributed by atoms with E-state index < -0.39 is 41.9 Å². The fourth-order valence-electron chi connectivity index (χ4n) is 3.21. The molecule has 2 atom stereocenters. The molecule has 3 heterocycles. The average molecular weight is 541 g/mol. The van der Waals surface area contributed by atoms with Crippen LogP contribution in [0.15, 0.2) is 14.1 Å². The van der Waals surface area contributed by atoms with Gasteiger partial charge in [-0.05, 0) is 42.2 Å². The monoisotopic (exact) mass is 540 g/mol. The number of thiazole rings is 1. The molecule has 16 heteroatoms. The zero-order valence-corrected chi connectivity index (χ0v) is 17.9. The van der Waals surface area contributed by atoms with E-state index in [0.717, 1.165) is 4.88 Å². The normalized spacial score (nSPS) is 21.7. The Morgan fingerprint density at radius 3 is 2.13 bits per heavy atom. The molecule has 174 valence electrons. The minimum absolute atomic E-state index is 0.0297. The molecular formula is C15H15BrF6N4O4S. The summed E-state index contributed by atoms with van der Waals surface area (Å²) >= 11 is 4.52. The Morgan fingerprint density at radius 1 is 1.23 bits per heavy atom. The molecule has 8 nitrogen and oxygen atoms in total. The highest BCUT2D eigenvalue weighted by Crippen LogP contribution is 2.52. The first-order chi connectivity index (χ1) is 14.1. The van der Waals surface area contributed by atoms with Gasteiger partial charge in [-0.15, -0.1) is 21.6 Å². The lowest BCUT2D eigenvalue weighted by molar-refractivity contribution is -0.192. The smallest absolute Gasteiger partial charge is 0.480 e. The van der Waals surface area contributed by atoms with Gasteiger partial charge >= 0.3 is 24.3 Å². The summed E-state index contributed by atoms with van der Waals surface area (Å²) in [5.41, 5.74) is -1.99. The molecule has 2 N–H and O–H groups in total. The van der Waals surface area contributed by atoms with Gasteiger partial charge in [0.1, 0.15) is 0 Å². The fraction of sp³-hybridized carbons (Fsp3) is 0.667. The maximum atomic E-state index is 13.2. The van der Waals surface area contributed by atoms with Crippen LogP contribution in [0.25, 0.3) is 0 Å². The minimum Gasteiger partial charge on any atom is -0.480 e. The molecule has 0 bridgehead atoms. The number of rotatable bonds is 4. The summed E-state index contributed by atoms with van der Waals surface area (Å²) in [4.78, 5) is 27.1. The summed E-state index contributed by atoms with van der Waals surface area (Å²) in [6.45, 7) is 2.12. The second kappa shape index (κ2) is 8.97. The topological polar surface area (TPSA) is 115 Å². The molecule has 0 aromatic carbocycles. The Labute approximate surface area is 183 Å². The van der Waals surface area contributed by atoms with E-state index in [1.807, 2.05) is 0 Å². The number of aromatic nitrogens is 1. The van der Waals surface area contributed by atoms with Crippen molar-refractivity contribution in [2.75, 3.05) is 13.1 Å². The molecule has 0 aliphatic carbocycles. The van der Waals surface area contributed by atoms with E-state index in [0.29, 0.717) is 29.0 Å². The molecule has 2 aliphatic heterocycles. The van der Waals surface area contributed by atoms with Crippen LogP contribution in [0.4, 0.5) is 26.3 Å². The number of halogens is 7. The number of hydrogen-bond donors (Lipinski definition) is 2. The van der Waals surface area contributed by atoms with Gasteiger partial charge in [-0.25, -0.2) is 9.78 Å². The molecule has 2 aliphatic rings. The van der Waals surface area contributed by atoms with Gasteiger partial charge in [0, 0.05) is 17.3 Å². The van der Waals surface area contributed by atoms with E-state index in [9.17, 15) is 36.2 Å². The number of carboxylic acid groups (broad SMARTS) is 2. The van der Waals surface area contributed by atoms with Crippen molar-refractivity contribution in [2.45, 2.75) is 43.8 Å². The summed E-state index contributed by atoms with van der Waals surface area (Å²) in [6.07, 6.45) is -8.85. The Bertz CT molecular complexity index is 869. The minimum atomic E-state index is -5.08. The van der Waals surface area contributed by atoms with Crippen LogP contribution in [0.2, 0.25) is 0 Å². The fourth-order valence-corrected chi connectivity index (χ4v) is 4.78.